The van der Waals surface area contributed by atoms with Gasteiger partial charge in [-0.25, -0.2) is 0 Å². The second-order valence-electron chi connectivity index (χ2n) is 6.33. The molecule has 4 heteroatoms. The quantitative estimate of drug-likeness (QED) is 0.890. The summed E-state index contributed by atoms with van der Waals surface area (Å²) in [5.41, 5.74) is 1.80. The Hall–Kier alpha value is -1.81. The van der Waals surface area contributed by atoms with Crippen molar-refractivity contribution in [2.24, 2.45) is 0 Å². The van der Waals surface area contributed by atoms with Gasteiger partial charge in [0, 0.05) is 29.9 Å². The van der Waals surface area contributed by atoms with Crippen LogP contribution in [0.4, 0.5) is 0 Å². The van der Waals surface area contributed by atoms with E-state index in [-0.39, 0.29) is 17.6 Å². The second-order valence-corrected chi connectivity index (χ2v) is 6.33. The number of hydrogen-bond donors (Lipinski definition) is 2. The van der Waals surface area contributed by atoms with Gasteiger partial charge in [-0.1, -0.05) is 6.07 Å². The lowest BCUT2D eigenvalue weighted by Crippen LogP contribution is -2.52. The molecule has 1 aromatic carbocycles. The summed E-state index contributed by atoms with van der Waals surface area (Å²) in [7, 11) is 0. The van der Waals surface area contributed by atoms with Crippen LogP contribution in [0.25, 0.3) is 10.9 Å². The molecule has 21 heavy (non-hydrogen) atoms. The van der Waals surface area contributed by atoms with E-state index in [1.165, 1.54) is 6.42 Å². The van der Waals surface area contributed by atoms with Gasteiger partial charge in [0.15, 0.2) is 0 Å². The van der Waals surface area contributed by atoms with E-state index in [0.29, 0.717) is 0 Å². The number of aromatic amines is 1. The van der Waals surface area contributed by atoms with Gasteiger partial charge in [0.25, 0.3) is 5.91 Å². The number of carbonyl (C=O) groups is 1. The average Bonchev–Trinajstić information content (AvgIpc) is 2.93. The number of ether oxygens (including phenoxy) is 1. The van der Waals surface area contributed by atoms with Gasteiger partial charge in [-0.05, 0) is 55.7 Å². The van der Waals surface area contributed by atoms with Crippen molar-refractivity contribution < 1.29 is 9.53 Å². The number of nitrogens with one attached hydrogen (secondary N) is 2. The van der Waals surface area contributed by atoms with E-state index in [4.69, 9.17) is 4.74 Å². The van der Waals surface area contributed by atoms with Crippen LogP contribution in [0.5, 0.6) is 0 Å². The number of hydrogen-bond acceptors (Lipinski definition) is 2. The summed E-state index contributed by atoms with van der Waals surface area (Å²) in [6.07, 6.45) is 7.32. The summed E-state index contributed by atoms with van der Waals surface area (Å²) < 4.78 is 5.91. The average molecular weight is 284 g/mol. The van der Waals surface area contributed by atoms with Crippen LogP contribution < -0.4 is 5.32 Å². The Labute approximate surface area is 123 Å². The summed E-state index contributed by atoms with van der Waals surface area (Å²) in [4.78, 5) is 15.6. The number of carbonyl (C=O) groups excluding carboxylic acids is 1. The van der Waals surface area contributed by atoms with Crippen LogP contribution in [0.15, 0.2) is 30.5 Å². The van der Waals surface area contributed by atoms with Crippen LogP contribution in [-0.2, 0) is 4.74 Å². The zero-order valence-corrected chi connectivity index (χ0v) is 12.0. The summed E-state index contributed by atoms with van der Waals surface area (Å²) in [5.74, 6) is 0.0212. The standard InChI is InChI=1S/C17H20N2O2/c20-16(13-3-2-12-4-8-18-15(12)10-13)19-14-5-9-21-17(11-14)6-1-7-17/h2-4,8,10,14,18H,1,5-7,9,11H2,(H,19,20). The highest BCUT2D eigenvalue weighted by Crippen LogP contribution is 2.42. The van der Waals surface area contributed by atoms with E-state index in [1.54, 1.807) is 0 Å². The summed E-state index contributed by atoms with van der Waals surface area (Å²) in [6, 6.07) is 8.05. The van der Waals surface area contributed by atoms with Crippen molar-refractivity contribution in [1.82, 2.24) is 10.3 Å². The van der Waals surface area contributed by atoms with E-state index < -0.39 is 0 Å². The molecule has 1 unspecified atom stereocenters. The van der Waals surface area contributed by atoms with Crippen molar-refractivity contribution in [1.29, 1.82) is 0 Å². The molecule has 1 aliphatic carbocycles. The SMILES string of the molecule is O=C(NC1CCOC2(CCC2)C1)c1ccc2cc[nH]c2c1. The molecule has 1 spiro atoms. The van der Waals surface area contributed by atoms with Gasteiger partial charge in [0.05, 0.1) is 5.60 Å². The summed E-state index contributed by atoms with van der Waals surface area (Å²) in [6.45, 7) is 0.764. The zero-order valence-electron chi connectivity index (χ0n) is 12.0. The van der Waals surface area contributed by atoms with Crippen molar-refractivity contribution in [2.75, 3.05) is 6.61 Å². The van der Waals surface area contributed by atoms with Crippen LogP contribution in [0.3, 0.4) is 0 Å². The van der Waals surface area contributed by atoms with E-state index >= 15 is 0 Å². The summed E-state index contributed by atoms with van der Waals surface area (Å²) >= 11 is 0. The second kappa shape index (κ2) is 4.88. The molecule has 2 fully saturated rings. The number of amides is 1. The Morgan fingerprint density at radius 2 is 2.24 bits per heavy atom. The van der Waals surface area contributed by atoms with Crippen molar-refractivity contribution in [3.8, 4) is 0 Å². The Bertz CT molecular complexity index is 672. The van der Waals surface area contributed by atoms with Crippen LogP contribution in [0, 0.1) is 0 Å². The Morgan fingerprint density at radius 3 is 3.05 bits per heavy atom. The first kappa shape index (κ1) is 12.9. The topological polar surface area (TPSA) is 54.1 Å². The largest absolute Gasteiger partial charge is 0.375 e. The van der Waals surface area contributed by atoms with E-state index in [1.807, 2.05) is 30.5 Å². The first-order valence-electron chi connectivity index (χ1n) is 7.76. The fraction of sp³-hybridized carbons (Fsp3) is 0.471. The Balaban J connectivity index is 1.47. The molecule has 1 saturated heterocycles. The highest BCUT2D eigenvalue weighted by Gasteiger charge is 2.42. The maximum atomic E-state index is 12.4. The number of fused-ring (bicyclic) bond motifs is 1. The van der Waals surface area contributed by atoms with Gasteiger partial charge < -0.3 is 15.0 Å². The molecule has 4 rings (SSSR count). The van der Waals surface area contributed by atoms with E-state index in [2.05, 4.69) is 10.3 Å². The van der Waals surface area contributed by atoms with Crippen LogP contribution in [-0.4, -0.2) is 29.1 Å². The highest BCUT2D eigenvalue weighted by atomic mass is 16.5. The smallest absolute Gasteiger partial charge is 0.251 e. The molecule has 0 bridgehead atoms. The third kappa shape index (κ3) is 2.33. The van der Waals surface area contributed by atoms with Gasteiger partial charge in [0.1, 0.15) is 0 Å². The van der Waals surface area contributed by atoms with Gasteiger partial charge in [-0.15, -0.1) is 0 Å². The molecule has 4 nitrogen and oxygen atoms in total. The van der Waals surface area contributed by atoms with Crippen molar-refractivity contribution in [3.63, 3.8) is 0 Å². The van der Waals surface area contributed by atoms with Crippen molar-refractivity contribution in [2.45, 2.75) is 43.7 Å². The van der Waals surface area contributed by atoms with Crippen molar-refractivity contribution >= 4 is 16.8 Å². The number of rotatable bonds is 2. The number of aromatic nitrogens is 1. The minimum absolute atomic E-state index is 0.0212. The van der Waals surface area contributed by atoms with Gasteiger partial charge in [-0.3, -0.25) is 4.79 Å². The summed E-state index contributed by atoms with van der Waals surface area (Å²) in [5, 5.41) is 4.31. The van der Waals surface area contributed by atoms with Gasteiger partial charge in [-0.2, -0.15) is 0 Å². The third-order valence-corrected chi connectivity index (χ3v) is 4.91. The minimum atomic E-state index is 0.0212. The molecule has 1 aromatic heterocycles. The van der Waals surface area contributed by atoms with Crippen molar-refractivity contribution in [3.05, 3.63) is 36.0 Å². The van der Waals surface area contributed by atoms with Gasteiger partial charge in [0.2, 0.25) is 0 Å². The van der Waals surface area contributed by atoms with E-state index in [0.717, 1.165) is 48.8 Å². The maximum Gasteiger partial charge on any atom is 0.251 e. The van der Waals surface area contributed by atoms with Crippen LogP contribution in [0.2, 0.25) is 0 Å². The molecule has 2 aromatic rings. The zero-order chi connectivity index (χ0) is 14.3. The molecular formula is C17H20N2O2. The van der Waals surface area contributed by atoms with Crippen LogP contribution >= 0.6 is 0 Å². The first-order valence-corrected chi connectivity index (χ1v) is 7.76. The molecule has 1 amide bonds. The Morgan fingerprint density at radius 1 is 1.33 bits per heavy atom. The fourth-order valence-electron chi connectivity index (χ4n) is 3.53. The normalized spacial score (nSPS) is 23.9. The Kier molecular flexibility index (Phi) is 3.00. The lowest BCUT2D eigenvalue weighted by atomic mass is 9.74. The van der Waals surface area contributed by atoms with E-state index in [9.17, 15) is 4.79 Å². The molecular weight excluding hydrogens is 264 g/mol. The molecule has 1 aliphatic heterocycles. The third-order valence-electron chi connectivity index (χ3n) is 4.91. The van der Waals surface area contributed by atoms with Gasteiger partial charge >= 0.3 is 0 Å². The van der Waals surface area contributed by atoms with Crippen LogP contribution in [0.1, 0.15) is 42.5 Å². The highest BCUT2D eigenvalue weighted by molar-refractivity contribution is 5.98. The monoisotopic (exact) mass is 284 g/mol. The molecule has 0 radical (unpaired) electrons. The molecule has 1 saturated carbocycles. The molecule has 2 heterocycles. The lowest BCUT2D eigenvalue weighted by molar-refractivity contribution is -0.134. The molecule has 2 N–H and O–H groups in total. The molecule has 1 atom stereocenters. The molecule has 110 valence electrons. The maximum absolute atomic E-state index is 12.4. The number of benzene rings is 1. The molecule has 2 aliphatic rings. The first-order chi connectivity index (χ1) is 10.2. The minimum Gasteiger partial charge on any atom is -0.375 e. The number of H-pyrrole nitrogens is 1. The predicted molar refractivity (Wildman–Crippen MR) is 81.3 cm³/mol. The predicted octanol–water partition coefficient (Wildman–Crippen LogP) is 3.00. The lowest BCUT2D eigenvalue weighted by Gasteiger charge is -2.47. The fourth-order valence-corrected chi connectivity index (χ4v) is 3.53.